The first kappa shape index (κ1) is 17.0. The van der Waals surface area contributed by atoms with Gasteiger partial charge in [0.25, 0.3) is 0 Å². The van der Waals surface area contributed by atoms with E-state index in [-0.39, 0.29) is 5.56 Å². The van der Waals surface area contributed by atoms with Crippen LogP contribution in [-0.2, 0) is 4.74 Å². The van der Waals surface area contributed by atoms with Gasteiger partial charge in [-0.2, -0.15) is 0 Å². The number of aromatic carboxylic acids is 1. The molecule has 1 rings (SSSR count). The first-order valence-electron chi connectivity index (χ1n) is 7.29. The number of unbranched alkanes of at least 4 members (excludes halogenated alkanes) is 4. The predicted octanol–water partition coefficient (Wildman–Crippen LogP) is 3.55. The largest absolute Gasteiger partial charge is 0.478 e. The smallest absolute Gasteiger partial charge is 0.337 e. The Balaban J connectivity index is 2.68. The lowest BCUT2D eigenvalue weighted by Gasteiger charge is -2.11. The molecule has 0 radical (unpaired) electrons. The number of carbonyl (C=O) groups is 2. The van der Waals surface area contributed by atoms with Crippen molar-refractivity contribution in [2.75, 3.05) is 19.0 Å². The number of carboxylic acid groups (broad SMARTS) is 1. The van der Waals surface area contributed by atoms with Crippen LogP contribution in [0.25, 0.3) is 0 Å². The van der Waals surface area contributed by atoms with E-state index in [1.165, 1.54) is 44.6 Å². The highest BCUT2D eigenvalue weighted by Crippen LogP contribution is 2.19. The molecule has 0 aliphatic heterocycles. The monoisotopic (exact) mass is 293 g/mol. The van der Waals surface area contributed by atoms with Crippen molar-refractivity contribution in [3.8, 4) is 0 Å². The van der Waals surface area contributed by atoms with Crippen molar-refractivity contribution in [3.05, 3.63) is 29.3 Å². The Labute approximate surface area is 125 Å². The van der Waals surface area contributed by atoms with Crippen LogP contribution in [0.4, 0.5) is 5.69 Å². The molecule has 21 heavy (non-hydrogen) atoms. The Morgan fingerprint density at radius 1 is 1.19 bits per heavy atom. The minimum absolute atomic E-state index is 0.163. The van der Waals surface area contributed by atoms with Gasteiger partial charge in [0.15, 0.2) is 0 Å². The standard InChI is InChI=1S/C16H23NO4/c1-3-4-5-6-7-10-17-14-11-12(16(20)21-2)8-9-13(14)15(18)19/h8-9,11,17H,3-7,10H2,1-2H3,(H,18,19). The fourth-order valence-electron chi connectivity index (χ4n) is 2.07. The van der Waals surface area contributed by atoms with Crippen LogP contribution in [0.1, 0.15) is 59.7 Å². The molecule has 2 N–H and O–H groups in total. The molecule has 0 atom stereocenters. The van der Waals surface area contributed by atoms with E-state index in [9.17, 15) is 9.59 Å². The van der Waals surface area contributed by atoms with Gasteiger partial charge in [-0.25, -0.2) is 9.59 Å². The second kappa shape index (κ2) is 9.00. The van der Waals surface area contributed by atoms with E-state index in [0.717, 1.165) is 12.8 Å². The van der Waals surface area contributed by atoms with E-state index in [4.69, 9.17) is 5.11 Å². The Morgan fingerprint density at radius 3 is 2.52 bits per heavy atom. The Morgan fingerprint density at radius 2 is 1.90 bits per heavy atom. The summed E-state index contributed by atoms with van der Waals surface area (Å²) in [4.78, 5) is 22.7. The molecule has 0 aliphatic carbocycles. The topological polar surface area (TPSA) is 75.6 Å². The quantitative estimate of drug-likeness (QED) is 0.538. The number of benzene rings is 1. The van der Waals surface area contributed by atoms with Crippen molar-refractivity contribution >= 4 is 17.6 Å². The number of ether oxygens (including phenoxy) is 1. The van der Waals surface area contributed by atoms with Gasteiger partial charge >= 0.3 is 11.9 Å². The number of esters is 1. The number of hydrogen-bond acceptors (Lipinski definition) is 4. The van der Waals surface area contributed by atoms with E-state index < -0.39 is 11.9 Å². The molecule has 1 aromatic carbocycles. The number of methoxy groups -OCH3 is 1. The van der Waals surface area contributed by atoms with Crippen molar-refractivity contribution in [1.29, 1.82) is 0 Å². The van der Waals surface area contributed by atoms with Crippen molar-refractivity contribution in [2.24, 2.45) is 0 Å². The van der Waals surface area contributed by atoms with E-state index in [1.54, 1.807) is 0 Å². The van der Waals surface area contributed by atoms with Gasteiger partial charge in [0.05, 0.1) is 18.2 Å². The molecule has 5 nitrogen and oxygen atoms in total. The molecule has 0 amide bonds. The van der Waals surface area contributed by atoms with Crippen LogP contribution in [0, 0.1) is 0 Å². The van der Waals surface area contributed by atoms with Crippen LogP contribution in [0.3, 0.4) is 0 Å². The van der Waals surface area contributed by atoms with Gasteiger partial charge in [-0.05, 0) is 24.6 Å². The molecule has 0 spiro atoms. The third-order valence-electron chi connectivity index (χ3n) is 3.27. The van der Waals surface area contributed by atoms with Gasteiger partial charge in [0.2, 0.25) is 0 Å². The number of nitrogens with one attached hydrogen (secondary N) is 1. The number of hydrogen-bond donors (Lipinski definition) is 2. The molecule has 0 unspecified atom stereocenters. The number of rotatable bonds is 9. The summed E-state index contributed by atoms with van der Waals surface area (Å²) in [6.45, 7) is 2.85. The number of carbonyl (C=O) groups excluding carboxylic acids is 1. The normalized spacial score (nSPS) is 10.2. The lowest BCUT2D eigenvalue weighted by Crippen LogP contribution is -2.10. The van der Waals surface area contributed by atoms with Crippen LogP contribution < -0.4 is 5.32 Å². The van der Waals surface area contributed by atoms with Crippen LogP contribution in [0.15, 0.2) is 18.2 Å². The summed E-state index contributed by atoms with van der Waals surface area (Å²) in [6, 6.07) is 4.41. The van der Waals surface area contributed by atoms with Gasteiger partial charge in [0.1, 0.15) is 0 Å². The number of carboxylic acids is 1. The van der Waals surface area contributed by atoms with E-state index in [2.05, 4.69) is 17.0 Å². The summed E-state index contributed by atoms with van der Waals surface area (Å²) in [7, 11) is 1.30. The minimum Gasteiger partial charge on any atom is -0.478 e. The third-order valence-corrected chi connectivity index (χ3v) is 3.27. The summed E-state index contributed by atoms with van der Waals surface area (Å²) >= 11 is 0. The average Bonchev–Trinajstić information content (AvgIpc) is 2.49. The molecule has 0 fully saturated rings. The zero-order valence-electron chi connectivity index (χ0n) is 12.6. The summed E-state index contributed by atoms with van der Waals surface area (Å²) in [5, 5.41) is 12.3. The number of anilines is 1. The summed E-state index contributed by atoms with van der Waals surface area (Å²) in [6.07, 6.45) is 5.68. The zero-order valence-corrected chi connectivity index (χ0v) is 12.6. The van der Waals surface area contributed by atoms with E-state index in [1.807, 2.05) is 0 Å². The molecule has 0 aliphatic rings. The molecule has 0 heterocycles. The predicted molar refractivity (Wildman–Crippen MR) is 82.0 cm³/mol. The average molecular weight is 293 g/mol. The van der Waals surface area contributed by atoms with Gasteiger partial charge in [-0.15, -0.1) is 0 Å². The fourth-order valence-corrected chi connectivity index (χ4v) is 2.07. The first-order chi connectivity index (χ1) is 10.1. The molecular weight excluding hydrogens is 270 g/mol. The van der Waals surface area contributed by atoms with E-state index in [0.29, 0.717) is 17.8 Å². The molecule has 5 heteroatoms. The molecule has 0 saturated heterocycles. The molecule has 0 saturated carbocycles. The van der Waals surface area contributed by atoms with Gasteiger partial charge < -0.3 is 15.2 Å². The van der Waals surface area contributed by atoms with Gasteiger partial charge in [0, 0.05) is 12.2 Å². The third kappa shape index (κ3) is 5.45. The highest BCUT2D eigenvalue weighted by atomic mass is 16.5. The van der Waals surface area contributed by atoms with Gasteiger partial charge in [-0.1, -0.05) is 32.6 Å². The SMILES string of the molecule is CCCCCCCNc1cc(C(=O)OC)ccc1C(=O)O. The van der Waals surface area contributed by atoms with Crippen molar-refractivity contribution in [3.63, 3.8) is 0 Å². The van der Waals surface area contributed by atoms with Crippen LogP contribution in [0.5, 0.6) is 0 Å². The molecule has 1 aromatic rings. The van der Waals surface area contributed by atoms with Crippen molar-refractivity contribution in [2.45, 2.75) is 39.0 Å². The maximum absolute atomic E-state index is 11.5. The minimum atomic E-state index is -1.01. The molecular formula is C16H23NO4. The Bertz CT molecular complexity index is 485. The lowest BCUT2D eigenvalue weighted by molar-refractivity contribution is 0.0598. The second-order valence-electron chi connectivity index (χ2n) is 4.90. The Kier molecular flexibility index (Phi) is 7.29. The van der Waals surface area contributed by atoms with Crippen LogP contribution in [-0.4, -0.2) is 30.7 Å². The molecule has 0 aromatic heterocycles. The fraction of sp³-hybridized carbons (Fsp3) is 0.500. The van der Waals surface area contributed by atoms with Crippen molar-refractivity contribution in [1.82, 2.24) is 0 Å². The highest BCUT2D eigenvalue weighted by molar-refractivity contribution is 5.98. The maximum atomic E-state index is 11.5. The van der Waals surface area contributed by atoms with Gasteiger partial charge in [-0.3, -0.25) is 0 Å². The molecule has 0 bridgehead atoms. The van der Waals surface area contributed by atoms with Crippen LogP contribution in [0.2, 0.25) is 0 Å². The summed E-state index contributed by atoms with van der Waals surface area (Å²) in [5.41, 5.74) is 0.966. The van der Waals surface area contributed by atoms with Crippen molar-refractivity contribution < 1.29 is 19.4 Å². The Hall–Kier alpha value is -2.04. The summed E-state index contributed by atoms with van der Waals surface area (Å²) < 4.78 is 4.65. The summed E-state index contributed by atoms with van der Waals surface area (Å²) in [5.74, 6) is -1.49. The lowest BCUT2D eigenvalue weighted by atomic mass is 10.1. The molecule has 116 valence electrons. The van der Waals surface area contributed by atoms with E-state index >= 15 is 0 Å². The first-order valence-corrected chi connectivity index (χ1v) is 7.29. The second-order valence-corrected chi connectivity index (χ2v) is 4.90. The maximum Gasteiger partial charge on any atom is 0.337 e. The zero-order chi connectivity index (χ0) is 15.7. The van der Waals surface area contributed by atoms with Crippen LogP contribution >= 0.6 is 0 Å². The highest BCUT2D eigenvalue weighted by Gasteiger charge is 2.13.